The summed E-state index contributed by atoms with van der Waals surface area (Å²) in [4.78, 5) is 25.9. The molecule has 0 aliphatic heterocycles. The lowest BCUT2D eigenvalue weighted by Crippen LogP contribution is -2.13. The molecular formula is C35H35N3O3. The highest BCUT2D eigenvalue weighted by Crippen LogP contribution is 2.35. The van der Waals surface area contributed by atoms with E-state index in [0.29, 0.717) is 12.5 Å². The predicted octanol–water partition coefficient (Wildman–Crippen LogP) is 7.81. The van der Waals surface area contributed by atoms with Crippen LogP contribution in [-0.2, 0) is 22.7 Å². The summed E-state index contributed by atoms with van der Waals surface area (Å²) in [7, 11) is 0. The van der Waals surface area contributed by atoms with Crippen LogP contribution in [0.1, 0.15) is 66.2 Å². The molecule has 41 heavy (non-hydrogen) atoms. The fourth-order valence-corrected chi connectivity index (χ4v) is 5.52. The van der Waals surface area contributed by atoms with E-state index in [1.807, 2.05) is 25.3 Å². The number of carbonyl (C=O) groups excluding carboxylic acids is 2. The highest BCUT2D eigenvalue weighted by molar-refractivity contribution is 5.78. The van der Waals surface area contributed by atoms with Crippen molar-refractivity contribution in [1.29, 1.82) is 0 Å². The molecule has 1 aliphatic carbocycles. The Labute approximate surface area is 241 Å². The standard InChI is InChI=1S/C34H35N3O.CO2/c1-24-8-13-27(14-9-24)28-15-11-26(12-16-28)22-37-33-20-31(38-23-30-17-10-25(2)21-35-30)18-19-32(33)36-34(37)29-6-4-3-5-7-29;2-1-3/h8-21,29H,3-7,22-23H2,1-2H3;. The van der Waals surface area contributed by atoms with E-state index in [1.54, 1.807) is 0 Å². The van der Waals surface area contributed by atoms with Crippen molar-refractivity contribution in [2.45, 2.75) is 65.0 Å². The van der Waals surface area contributed by atoms with Gasteiger partial charge in [0.25, 0.3) is 0 Å². The molecule has 0 saturated heterocycles. The number of hydrogen-bond acceptors (Lipinski definition) is 5. The summed E-state index contributed by atoms with van der Waals surface area (Å²) in [6, 6.07) is 28.1. The van der Waals surface area contributed by atoms with Crippen LogP contribution in [0.3, 0.4) is 0 Å². The molecule has 1 saturated carbocycles. The van der Waals surface area contributed by atoms with Crippen molar-refractivity contribution < 1.29 is 14.3 Å². The third-order valence-electron chi connectivity index (χ3n) is 7.76. The molecular weight excluding hydrogens is 510 g/mol. The molecule has 5 aromatic rings. The van der Waals surface area contributed by atoms with Gasteiger partial charge in [0, 0.05) is 24.7 Å². The second-order valence-corrected chi connectivity index (χ2v) is 10.8. The second kappa shape index (κ2) is 13.2. The van der Waals surface area contributed by atoms with Crippen molar-refractivity contribution >= 4 is 17.2 Å². The van der Waals surface area contributed by atoms with Crippen LogP contribution in [0, 0.1) is 13.8 Å². The lowest BCUT2D eigenvalue weighted by atomic mass is 9.88. The predicted molar refractivity (Wildman–Crippen MR) is 160 cm³/mol. The molecule has 0 amide bonds. The highest BCUT2D eigenvalue weighted by Gasteiger charge is 2.23. The lowest BCUT2D eigenvalue weighted by molar-refractivity contribution is -0.191. The normalized spacial score (nSPS) is 13.3. The summed E-state index contributed by atoms with van der Waals surface area (Å²) in [5.74, 6) is 2.59. The zero-order chi connectivity index (χ0) is 28.6. The molecule has 0 atom stereocenters. The minimum Gasteiger partial charge on any atom is -0.487 e. The Morgan fingerprint density at radius 1 is 0.829 bits per heavy atom. The molecule has 0 spiro atoms. The monoisotopic (exact) mass is 545 g/mol. The van der Waals surface area contributed by atoms with E-state index in [0.717, 1.165) is 34.6 Å². The van der Waals surface area contributed by atoms with Gasteiger partial charge in [0.1, 0.15) is 18.2 Å². The van der Waals surface area contributed by atoms with E-state index in [9.17, 15) is 0 Å². The van der Waals surface area contributed by atoms with Crippen LogP contribution in [0.15, 0.2) is 85.1 Å². The minimum absolute atomic E-state index is 0.250. The zero-order valence-corrected chi connectivity index (χ0v) is 23.7. The molecule has 2 heterocycles. The lowest BCUT2D eigenvalue weighted by Gasteiger charge is -2.22. The van der Waals surface area contributed by atoms with E-state index in [2.05, 4.69) is 83.2 Å². The molecule has 208 valence electrons. The van der Waals surface area contributed by atoms with Gasteiger partial charge in [-0.1, -0.05) is 79.4 Å². The summed E-state index contributed by atoms with van der Waals surface area (Å²) < 4.78 is 8.60. The number of nitrogens with zero attached hydrogens (tertiary/aromatic N) is 3. The summed E-state index contributed by atoms with van der Waals surface area (Å²) in [5.41, 5.74) is 9.34. The third kappa shape index (κ3) is 6.97. The van der Waals surface area contributed by atoms with Gasteiger partial charge in [-0.05, 0) is 67.1 Å². The fraction of sp³-hybridized carbons (Fsp3) is 0.286. The maximum atomic E-state index is 8.12. The Morgan fingerprint density at radius 3 is 2.15 bits per heavy atom. The molecule has 6 rings (SSSR count). The Bertz CT molecular complexity index is 1610. The number of hydrogen-bond donors (Lipinski definition) is 0. The quantitative estimate of drug-likeness (QED) is 0.209. The molecule has 0 radical (unpaired) electrons. The molecule has 0 N–H and O–H groups in total. The summed E-state index contributed by atoms with van der Waals surface area (Å²) in [6.45, 7) is 5.43. The van der Waals surface area contributed by atoms with Crippen molar-refractivity contribution in [3.8, 4) is 16.9 Å². The number of aryl methyl sites for hydroxylation is 2. The molecule has 1 aliphatic rings. The van der Waals surface area contributed by atoms with Crippen LogP contribution >= 0.6 is 0 Å². The third-order valence-corrected chi connectivity index (χ3v) is 7.76. The fourth-order valence-electron chi connectivity index (χ4n) is 5.52. The van der Waals surface area contributed by atoms with Crippen LogP contribution in [0.4, 0.5) is 0 Å². The molecule has 1 fully saturated rings. The Kier molecular flexibility index (Phi) is 9.02. The average Bonchev–Trinajstić information content (AvgIpc) is 3.36. The van der Waals surface area contributed by atoms with Crippen molar-refractivity contribution in [3.63, 3.8) is 0 Å². The van der Waals surface area contributed by atoms with E-state index in [4.69, 9.17) is 19.3 Å². The molecule has 2 aromatic heterocycles. The number of rotatable bonds is 7. The van der Waals surface area contributed by atoms with Gasteiger partial charge < -0.3 is 9.30 Å². The minimum atomic E-state index is 0.250. The maximum absolute atomic E-state index is 8.12. The number of fused-ring (bicyclic) bond motifs is 1. The van der Waals surface area contributed by atoms with E-state index in [-0.39, 0.29) is 6.15 Å². The van der Waals surface area contributed by atoms with Crippen LogP contribution in [0.2, 0.25) is 0 Å². The zero-order valence-electron chi connectivity index (χ0n) is 23.7. The first-order valence-corrected chi connectivity index (χ1v) is 14.2. The second-order valence-electron chi connectivity index (χ2n) is 10.8. The van der Waals surface area contributed by atoms with Gasteiger partial charge in [-0.2, -0.15) is 9.59 Å². The number of imidazole rings is 1. The summed E-state index contributed by atoms with van der Waals surface area (Å²) in [5, 5.41) is 0. The summed E-state index contributed by atoms with van der Waals surface area (Å²) in [6.07, 6.45) is 8.49. The van der Waals surface area contributed by atoms with Gasteiger partial charge in [0.05, 0.1) is 16.7 Å². The van der Waals surface area contributed by atoms with Crippen molar-refractivity contribution in [1.82, 2.24) is 14.5 Å². The van der Waals surface area contributed by atoms with Crippen LogP contribution in [0.25, 0.3) is 22.2 Å². The van der Waals surface area contributed by atoms with Gasteiger partial charge in [0.15, 0.2) is 0 Å². The van der Waals surface area contributed by atoms with Gasteiger partial charge in [-0.3, -0.25) is 4.98 Å². The van der Waals surface area contributed by atoms with E-state index >= 15 is 0 Å². The number of benzene rings is 3. The van der Waals surface area contributed by atoms with Crippen LogP contribution < -0.4 is 4.74 Å². The number of aromatic nitrogens is 3. The molecule has 0 unspecified atom stereocenters. The van der Waals surface area contributed by atoms with E-state index < -0.39 is 0 Å². The van der Waals surface area contributed by atoms with Gasteiger partial charge in [-0.25, -0.2) is 4.98 Å². The van der Waals surface area contributed by atoms with Gasteiger partial charge in [-0.15, -0.1) is 0 Å². The Morgan fingerprint density at radius 2 is 1.49 bits per heavy atom. The largest absolute Gasteiger partial charge is 0.487 e. The van der Waals surface area contributed by atoms with Crippen molar-refractivity contribution in [2.24, 2.45) is 0 Å². The Hall–Kier alpha value is -4.54. The Balaban J connectivity index is 0.00000108. The topological polar surface area (TPSA) is 74.1 Å². The molecule has 3 aromatic carbocycles. The van der Waals surface area contributed by atoms with Crippen LogP contribution in [-0.4, -0.2) is 20.7 Å². The average molecular weight is 546 g/mol. The summed E-state index contributed by atoms with van der Waals surface area (Å²) >= 11 is 0. The number of ether oxygens (including phenoxy) is 1. The molecule has 0 bridgehead atoms. The van der Waals surface area contributed by atoms with Crippen LogP contribution in [0.5, 0.6) is 5.75 Å². The first kappa shape index (κ1) is 28.0. The number of pyridine rings is 1. The first-order chi connectivity index (χ1) is 20.0. The van der Waals surface area contributed by atoms with Gasteiger partial charge in [0.2, 0.25) is 0 Å². The highest BCUT2D eigenvalue weighted by atomic mass is 16.5. The first-order valence-electron chi connectivity index (χ1n) is 14.2. The smallest absolute Gasteiger partial charge is 0.373 e. The van der Waals surface area contributed by atoms with Crippen molar-refractivity contribution in [2.75, 3.05) is 0 Å². The van der Waals surface area contributed by atoms with Crippen molar-refractivity contribution in [3.05, 3.63) is 113 Å². The SMILES string of the molecule is Cc1ccc(-c2ccc(Cn3c(C4CCCCC4)nc4ccc(OCc5ccc(C)cn5)cc43)cc2)cc1.O=C=O. The van der Waals surface area contributed by atoms with Gasteiger partial charge >= 0.3 is 6.15 Å². The molecule has 6 heteroatoms. The molecule has 6 nitrogen and oxygen atoms in total. The van der Waals surface area contributed by atoms with E-state index in [1.165, 1.54) is 60.2 Å². The maximum Gasteiger partial charge on any atom is 0.373 e.